The van der Waals surface area contributed by atoms with Gasteiger partial charge in [0.15, 0.2) is 6.29 Å². The molecule has 8 N–H and O–H groups in total. The Labute approximate surface area is 326 Å². The first-order valence-electron chi connectivity index (χ1n) is 18.1. The van der Waals surface area contributed by atoms with Crippen LogP contribution in [0.15, 0.2) is 52.2 Å². The molecule has 2 aliphatic heterocycles. The van der Waals surface area contributed by atoms with Crippen molar-refractivity contribution in [3.8, 4) is 0 Å². The normalized spacial score (nSPS) is 26.9. The highest BCUT2D eigenvalue weighted by Gasteiger charge is 2.50. The van der Waals surface area contributed by atoms with Crippen LogP contribution in [0.1, 0.15) is 44.4 Å². The number of phosphoric ester groups is 1. The Kier molecular flexibility index (Phi) is 17.6. The third kappa shape index (κ3) is 13.7. The van der Waals surface area contributed by atoms with Crippen molar-refractivity contribution in [2.24, 2.45) is 5.92 Å². The van der Waals surface area contributed by atoms with Gasteiger partial charge in [0, 0.05) is 51.9 Å². The number of nitrogens with one attached hydrogen (secondary N) is 4. The molecule has 57 heavy (non-hydrogen) atoms. The van der Waals surface area contributed by atoms with Crippen molar-refractivity contribution in [1.82, 2.24) is 25.5 Å². The monoisotopic (exact) mass is 831 g/mol. The fraction of sp³-hybridized carbons (Fsp3) is 0.618. The van der Waals surface area contributed by atoms with Crippen molar-refractivity contribution in [2.45, 2.75) is 88.3 Å². The molecular weight excluding hydrogens is 781 g/mol. The van der Waals surface area contributed by atoms with E-state index >= 15 is 0 Å². The zero-order valence-corrected chi connectivity index (χ0v) is 32.2. The number of benzene rings is 1. The van der Waals surface area contributed by atoms with Crippen LogP contribution in [-0.2, 0) is 48.7 Å². The fourth-order valence-electron chi connectivity index (χ4n) is 6.23. The molecular formula is C34H50N5O17P. The van der Waals surface area contributed by atoms with Crippen molar-refractivity contribution in [2.75, 3.05) is 40.0 Å². The summed E-state index contributed by atoms with van der Waals surface area (Å²) in [5.41, 5.74) is -0.815. The molecule has 2 unspecified atom stereocenters. The first-order valence-corrected chi connectivity index (χ1v) is 19.6. The van der Waals surface area contributed by atoms with Crippen LogP contribution in [0.2, 0.25) is 0 Å². The minimum atomic E-state index is -4.68. The van der Waals surface area contributed by atoms with Gasteiger partial charge in [0.2, 0.25) is 5.91 Å². The van der Waals surface area contributed by atoms with E-state index in [-0.39, 0.29) is 39.1 Å². The number of carbonyl (C=O) groups excluding carboxylic acids is 3. The molecule has 10 atom stereocenters. The van der Waals surface area contributed by atoms with E-state index in [1.54, 1.807) is 30.3 Å². The van der Waals surface area contributed by atoms with Gasteiger partial charge in [-0.05, 0) is 31.2 Å². The van der Waals surface area contributed by atoms with Gasteiger partial charge in [-0.15, -0.1) is 0 Å². The summed E-state index contributed by atoms with van der Waals surface area (Å²) in [5, 5.41) is 37.8. The van der Waals surface area contributed by atoms with Gasteiger partial charge in [0.1, 0.15) is 56.0 Å². The lowest BCUT2D eigenvalue weighted by Crippen LogP contribution is -2.64. The number of urea groups is 1. The van der Waals surface area contributed by atoms with E-state index in [0.717, 1.165) is 17.7 Å². The molecule has 2 fully saturated rings. The molecule has 3 heterocycles. The molecule has 0 radical (unpaired) electrons. The first kappa shape index (κ1) is 45.5. The van der Waals surface area contributed by atoms with Crippen LogP contribution in [-0.4, -0.2) is 131 Å². The molecule has 4 rings (SSSR count). The summed E-state index contributed by atoms with van der Waals surface area (Å²) < 4.78 is 51.4. The maximum atomic E-state index is 12.8. The number of rotatable bonds is 20. The Bertz CT molecular complexity index is 1770. The van der Waals surface area contributed by atoms with E-state index in [2.05, 4.69) is 25.5 Å². The highest BCUT2D eigenvalue weighted by atomic mass is 31.2. The smallest absolute Gasteiger partial charge is 0.431 e. The molecule has 1 aromatic heterocycles. The molecule has 23 heteroatoms. The van der Waals surface area contributed by atoms with E-state index in [9.17, 15) is 48.8 Å². The fourth-order valence-corrected chi connectivity index (χ4v) is 6.92. The number of nitrogens with zero attached hydrogens (tertiary/aromatic N) is 1. The zero-order valence-electron chi connectivity index (χ0n) is 31.3. The van der Waals surface area contributed by atoms with Crippen molar-refractivity contribution in [1.29, 1.82) is 0 Å². The summed E-state index contributed by atoms with van der Waals surface area (Å²) in [6.07, 6.45) is -7.45. The van der Waals surface area contributed by atoms with Crippen molar-refractivity contribution in [3.05, 3.63) is 69.0 Å². The van der Waals surface area contributed by atoms with Crippen LogP contribution < -0.4 is 27.2 Å². The SMILES string of the molecule is COP(=O)(O)OC1[C@@H](COC(=O)OCc2ccccc2)O[C@@H](n2ccc(=O)[nH]c2=O)[C@H]1CCCNC(=O)NCCCCO[C@@H]1O[C@H](CO)[C@H](O)[C@H](O)[C@H]1NC(C)=O. The number of unbranched alkanes of at least 4 members (excludes halogenated alkanes) is 1. The van der Waals surface area contributed by atoms with Crippen LogP contribution in [0.3, 0.4) is 0 Å². The molecule has 0 bridgehead atoms. The maximum absolute atomic E-state index is 12.8. The first-order chi connectivity index (χ1) is 27.2. The minimum Gasteiger partial charge on any atom is -0.431 e. The van der Waals surface area contributed by atoms with Crippen LogP contribution in [0, 0.1) is 5.92 Å². The summed E-state index contributed by atoms with van der Waals surface area (Å²) in [7, 11) is -3.72. The second kappa shape index (κ2) is 22.1. The lowest BCUT2D eigenvalue weighted by molar-refractivity contribution is -0.270. The van der Waals surface area contributed by atoms with Crippen molar-refractivity contribution < 1.29 is 71.9 Å². The molecule has 0 saturated carbocycles. The second-order valence-electron chi connectivity index (χ2n) is 13.1. The Morgan fingerprint density at radius 1 is 0.965 bits per heavy atom. The van der Waals surface area contributed by atoms with Gasteiger partial charge in [-0.2, -0.15) is 0 Å². The third-order valence-electron chi connectivity index (χ3n) is 9.03. The Morgan fingerprint density at radius 2 is 1.68 bits per heavy atom. The molecule has 2 saturated heterocycles. The minimum absolute atomic E-state index is 0.0876. The van der Waals surface area contributed by atoms with Crippen molar-refractivity contribution >= 4 is 25.9 Å². The van der Waals surface area contributed by atoms with Crippen LogP contribution in [0.5, 0.6) is 0 Å². The maximum Gasteiger partial charge on any atom is 0.508 e. The Hall–Kier alpha value is -4.22. The van der Waals surface area contributed by atoms with E-state index < -0.39 is 105 Å². The van der Waals surface area contributed by atoms with Gasteiger partial charge in [0.05, 0.1) is 6.61 Å². The quantitative estimate of drug-likeness (QED) is 0.0467. The Balaban J connectivity index is 1.29. The number of aliphatic hydroxyl groups excluding tert-OH is 3. The average Bonchev–Trinajstić information content (AvgIpc) is 3.50. The largest absolute Gasteiger partial charge is 0.508 e. The van der Waals surface area contributed by atoms with E-state index in [1.165, 1.54) is 13.1 Å². The lowest BCUT2D eigenvalue weighted by atomic mass is 9.94. The summed E-state index contributed by atoms with van der Waals surface area (Å²) in [5.74, 6) is -1.36. The second-order valence-corrected chi connectivity index (χ2v) is 14.7. The number of H-pyrrole nitrogens is 1. The molecule has 1 aromatic carbocycles. The van der Waals surface area contributed by atoms with Crippen LogP contribution in [0.4, 0.5) is 9.59 Å². The number of ether oxygens (including phenoxy) is 5. The van der Waals surface area contributed by atoms with Gasteiger partial charge in [-0.3, -0.25) is 28.2 Å². The molecule has 22 nitrogen and oxygen atoms in total. The van der Waals surface area contributed by atoms with Crippen molar-refractivity contribution in [3.63, 3.8) is 0 Å². The van der Waals surface area contributed by atoms with Gasteiger partial charge in [-0.25, -0.2) is 18.9 Å². The predicted molar refractivity (Wildman–Crippen MR) is 194 cm³/mol. The van der Waals surface area contributed by atoms with Gasteiger partial charge >= 0.3 is 25.7 Å². The van der Waals surface area contributed by atoms with Crippen LogP contribution >= 0.6 is 7.82 Å². The number of carbonyl (C=O) groups is 3. The standard InChI is InChI=1S/C34H50N5O17P/c1-20(41)37-26-28(44)27(43)23(17-40)55-31(26)51-16-7-6-13-35-32(45)36-14-8-11-22-29(56-57(48,49)50-2)24(54-30(22)39-15-12-25(42)38-33(39)46)19-53-34(47)52-18-21-9-4-3-5-10-21/h3-5,9-10,12,15,22-24,26-31,40,43-44H,6-8,11,13-14,16-19H2,1-2H3,(H,37,41)(H,48,49)(H2,35,36,45)(H,38,42,46)/t22-,23+,24+,26+,27-,28+,29?,30+,31+/m0/s1. The van der Waals surface area contributed by atoms with E-state index in [4.69, 9.17) is 28.2 Å². The summed E-state index contributed by atoms with van der Waals surface area (Å²) in [6, 6.07) is 8.31. The molecule has 318 valence electrons. The Morgan fingerprint density at radius 3 is 2.35 bits per heavy atom. The van der Waals surface area contributed by atoms with Gasteiger partial charge < -0.3 is 59.8 Å². The number of hydrogen-bond donors (Lipinski definition) is 8. The molecule has 0 aliphatic carbocycles. The van der Waals surface area contributed by atoms with E-state index in [1.807, 2.05) is 0 Å². The number of amides is 3. The topological polar surface area (TPSA) is 305 Å². The average molecular weight is 832 g/mol. The number of aromatic amines is 1. The van der Waals surface area contributed by atoms with E-state index in [0.29, 0.717) is 18.4 Å². The number of aliphatic hydroxyl groups is 3. The molecule has 0 spiro atoms. The number of aromatic nitrogens is 2. The van der Waals surface area contributed by atoms with Crippen LogP contribution in [0.25, 0.3) is 0 Å². The van der Waals surface area contributed by atoms with Gasteiger partial charge in [-0.1, -0.05) is 30.3 Å². The summed E-state index contributed by atoms with van der Waals surface area (Å²) in [4.78, 5) is 73.6. The summed E-state index contributed by atoms with van der Waals surface area (Å²) in [6.45, 7) is 0.480. The molecule has 2 aliphatic rings. The predicted octanol–water partition coefficient (Wildman–Crippen LogP) is -0.644. The molecule has 3 amide bonds. The highest BCUT2D eigenvalue weighted by Crippen LogP contribution is 2.50. The molecule has 2 aromatic rings. The van der Waals surface area contributed by atoms with Gasteiger partial charge in [0.25, 0.3) is 5.56 Å². The third-order valence-corrected chi connectivity index (χ3v) is 10.0. The summed E-state index contributed by atoms with van der Waals surface area (Å²) >= 11 is 0. The zero-order chi connectivity index (χ0) is 41.5. The highest BCUT2D eigenvalue weighted by molar-refractivity contribution is 7.47. The number of phosphoric acid groups is 1. The number of hydrogen-bond acceptors (Lipinski definition) is 16. The lowest BCUT2D eigenvalue weighted by Gasteiger charge is -2.42.